The molecule has 2 amide bonds. The smallest absolute Gasteiger partial charge is 0.251 e. The van der Waals surface area contributed by atoms with Crippen LogP contribution >= 0.6 is 11.6 Å². The minimum Gasteiger partial charge on any atom is -0.494 e. The van der Waals surface area contributed by atoms with E-state index in [9.17, 15) is 19.1 Å². The minimum absolute atomic E-state index is 0.0163. The zero-order valence-corrected chi connectivity index (χ0v) is 28.3. The number of amides is 2. The van der Waals surface area contributed by atoms with Crippen LogP contribution in [0.3, 0.4) is 0 Å². The predicted octanol–water partition coefficient (Wildman–Crippen LogP) is 5.83. The number of nitrogens with zero attached hydrogens (tertiary/aromatic N) is 3. The molecule has 0 unspecified atom stereocenters. The quantitative estimate of drug-likeness (QED) is 0.157. The minimum atomic E-state index is -2.02. The molecule has 2 aliphatic rings. The van der Waals surface area contributed by atoms with Gasteiger partial charge in [0.2, 0.25) is 5.91 Å². The van der Waals surface area contributed by atoms with Gasteiger partial charge in [-0.1, -0.05) is 41.9 Å². The molecule has 1 saturated carbocycles. The Morgan fingerprint density at radius 3 is 2.58 bits per heavy atom. The van der Waals surface area contributed by atoms with Crippen molar-refractivity contribution < 1.29 is 33.0 Å². The molecule has 2 aromatic heterocycles. The highest BCUT2D eigenvalue weighted by molar-refractivity contribution is 6.31. The number of hydrogen-bond donors (Lipinski definition) is 3. The van der Waals surface area contributed by atoms with Crippen molar-refractivity contribution >= 4 is 34.3 Å². The van der Waals surface area contributed by atoms with Gasteiger partial charge >= 0.3 is 0 Å². The number of likely N-dealkylation sites (N-methyl/N-ethyl adjacent to an activating group) is 1. The van der Waals surface area contributed by atoms with Crippen molar-refractivity contribution in [3.63, 3.8) is 0 Å². The Labute approximate surface area is 291 Å². The molecule has 2 atom stereocenters. The summed E-state index contributed by atoms with van der Waals surface area (Å²) in [4.78, 5) is 31.9. The van der Waals surface area contributed by atoms with E-state index in [0.29, 0.717) is 41.0 Å². The van der Waals surface area contributed by atoms with Gasteiger partial charge < -0.3 is 25.2 Å². The molecule has 3 aromatic carbocycles. The second-order valence-electron chi connectivity index (χ2n) is 12.8. The Hall–Kier alpha value is -5.07. The number of hydrogen-bond acceptors (Lipinski definition) is 7. The van der Waals surface area contributed by atoms with E-state index in [1.807, 2.05) is 10.9 Å². The maximum Gasteiger partial charge on any atom is 0.251 e. The monoisotopic (exact) mass is 701 g/mol. The molecular weight excluding hydrogens is 668 g/mol. The number of carbonyl (C=O) groups is 2. The van der Waals surface area contributed by atoms with E-state index < -0.39 is 28.6 Å². The highest BCUT2D eigenvalue weighted by Gasteiger charge is 2.47. The van der Waals surface area contributed by atoms with Gasteiger partial charge in [-0.2, -0.15) is 5.10 Å². The van der Waals surface area contributed by atoms with E-state index in [1.54, 1.807) is 56.3 Å². The fraction of sp³-hybridized carbons (Fsp3) is 0.297. The summed E-state index contributed by atoms with van der Waals surface area (Å²) < 4.78 is 43.2. The van der Waals surface area contributed by atoms with Gasteiger partial charge in [-0.25, -0.2) is 13.8 Å². The molecule has 0 spiro atoms. The molecule has 5 aromatic rings. The van der Waals surface area contributed by atoms with Crippen molar-refractivity contribution in [3.8, 4) is 22.8 Å². The lowest BCUT2D eigenvalue weighted by atomic mass is 9.80. The lowest BCUT2D eigenvalue weighted by molar-refractivity contribution is -0.126. The van der Waals surface area contributed by atoms with E-state index in [4.69, 9.17) is 26.1 Å². The van der Waals surface area contributed by atoms with Crippen LogP contribution in [0.15, 0.2) is 66.9 Å². The van der Waals surface area contributed by atoms with Gasteiger partial charge in [0.05, 0.1) is 30.4 Å². The standard InChI is InChI=1S/C37H34ClF2N5O5/c1-4-41-35(47)36(2)19-50-33-25(36)15-30(43-32(33)24-14-26(38)28(40)16-27(24)39)37(48,22-8-6-5-7-9-22)18-42-34(46)20-12-21-17-45(23-10-11-23)44-31(21)29(13-20)49-3/h5-9,12-17,23,48H,4,10-11,18-19H2,1-3H3,(H,41,47)(H,42,46)/t36-,37+/m0/s1. The van der Waals surface area contributed by atoms with Gasteiger partial charge in [0.25, 0.3) is 5.91 Å². The number of rotatable bonds is 10. The van der Waals surface area contributed by atoms with Crippen LogP contribution in [0.4, 0.5) is 8.78 Å². The Balaban J connectivity index is 1.34. The highest BCUT2D eigenvalue weighted by Crippen LogP contribution is 2.47. The number of aromatic nitrogens is 3. The maximum atomic E-state index is 15.5. The SMILES string of the molecule is CCNC(=O)[C@@]1(C)COc2c1cc([C@@](O)(CNC(=O)c1cc(OC)c3nn(C4CC4)cc3c1)c1ccccc1)nc2-c1cc(Cl)c(F)cc1F. The second-order valence-corrected chi connectivity index (χ2v) is 13.2. The molecule has 13 heteroatoms. The van der Waals surface area contributed by atoms with Crippen molar-refractivity contribution in [1.82, 2.24) is 25.4 Å². The third kappa shape index (κ3) is 5.71. The van der Waals surface area contributed by atoms with Crippen molar-refractivity contribution in [2.45, 2.75) is 43.7 Å². The summed E-state index contributed by atoms with van der Waals surface area (Å²) in [7, 11) is 1.51. The van der Waals surface area contributed by atoms with Crippen LogP contribution < -0.4 is 20.1 Å². The molecule has 1 fully saturated rings. The maximum absolute atomic E-state index is 15.5. The van der Waals surface area contributed by atoms with Crippen molar-refractivity contribution in [2.75, 3.05) is 26.8 Å². The first-order chi connectivity index (χ1) is 24.0. The zero-order valence-electron chi connectivity index (χ0n) is 27.5. The lowest BCUT2D eigenvalue weighted by Crippen LogP contribution is -2.44. The van der Waals surface area contributed by atoms with E-state index in [2.05, 4.69) is 15.7 Å². The molecule has 1 aliphatic heterocycles. The molecule has 7 rings (SSSR count). The third-order valence-electron chi connectivity index (χ3n) is 9.35. The van der Waals surface area contributed by atoms with E-state index in [-0.39, 0.29) is 52.3 Å². The fourth-order valence-electron chi connectivity index (χ4n) is 6.32. The first kappa shape index (κ1) is 33.4. The molecule has 258 valence electrons. The third-order valence-corrected chi connectivity index (χ3v) is 9.64. The van der Waals surface area contributed by atoms with Crippen LogP contribution in [0, 0.1) is 11.6 Å². The Bertz CT molecular complexity index is 2160. The first-order valence-corrected chi connectivity index (χ1v) is 16.6. The molecule has 0 saturated heterocycles. The van der Waals surface area contributed by atoms with Gasteiger partial charge in [0, 0.05) is 40.9 Å². The molecule has 1 aliphatic carbocycles. The van der Waals surface area contributed by atoms with Crippen LogP contribution in [0.2, 0.25) is 5.02 Å². The number of ether oxygens (including phenoxy) is 2. The summed E-state index contributed by atoms with van der Waals surface area (Å²) in [5.41, 5.74) is -1.99. The second kappa shape index (κ2) is 12.7. The predicted molar refractivity (Wildman–Crippen MR) is 182 cm³/mol. The number of aliphatic hydroxyl groups is 1. The number of halogens is 3. The topological polar surface area (TPSA) is 128 Å². The number of nitrogens with one attached hydrogen (secondary N) is 2. The summed E-state index contributed by atoms with van der Waals surface area (Å²) in [6.07, 6.45) is 3.96. The Morgan fingerprint density at radius 1 is 1.12 bits per heavy atom. The lowest BCUT2D eigenvalue weighted by Gasteiger charge is -2.30. The van der Waals surface area contributed by atoms with Gasteiger partial charge in [0.15, 0.2) is 0 Å². The summed E-state index contributed by atoms with van der Waals surface area (Å²) in [6, 6.07) is 15.4. The number of carbonyl (C=O) groups excluding carboxylic acids is 2. The molecule has 50 heavy (non-hydrogen) atoms. The fourth-order valence-corrected chi connectivity index (χ4v) is 6.49. The number of pyridine rings is 1. The molecule has 3 heterocycles. The largest absolute Gasteiger partial charge is 0.494 e. The summed E-state index contributed by atoms with van der Waals surface area (Å²) in [6.45, 7) is 3.30. The summed E-state index contributed by atoms with van der Waals surface area (Å²) >= 11 is 6.10. The molecule has 3 N–H and O–H groups in total. The van der Waals surface area contributed by atoms with Crippen LogP contribution in [-0.2, 0) is 15.8 Å². The number of methoxy groups -OCH3 is 1. The van der Waals surface area contributed by atoms with Gasteiger partial charge in [0.1, 0.15) is 52.0 Å². The van der Waals surface area contributed by atoms with Gasteiger partial charge in [-0.15, -0.1) is 0 Å². The average molecular weight is 702 g/mol. The zero-order chi connectivity index (χ0) is 35.4. The molecule has 10 nitrogen and oxygen atoms in total. The van der Waals surface area contributed by atoms with Gasteiger partial charge in [-0.3, -0.25) is 14.3 Å². The highest BCUT2D eigenvalue weighted by atomic mass is 35.5. The van der Waals surface area contributed by atoms with E-state index in [1.165, 1.54) is 13.2 Å². The first-order valence-electron chi connectivity index (χ1n) is 16.2. The molecule has 0 radical (unpaired) electrons. The Kier molecular flexibility index (Phi) is 8.47. The molecular formula is C37H34ClF2N5O5. The summed E-state index contributed by atoms with van der Waals surface area (Å²) in [5.74, 6) is -2.28. The van der Waals surface area contributed by atoms with Crippen LogP contribution in [0.5, 0.6) is 11.5 Å². The Morgan fingerprint density at radius 2 is 1.88 bits per heavy atom. The van der Waals surface area contributed by atoms with Crippen molar-refractivity contribution in [3.05, 3.63) is 106 Å². The van der Waals surface area contributed by atoms with Crippen LogP contribution in [-0.4, -0.2) is 58.5 Å². The molecule has 0 bridgehead atoms. The van der Waals surface area contributed by atoms with E-state index >= 15 is 4.39 Å². The van der Waals surface area contributed by atoms with Crippen LogP contribution in [0.1, 0.15) is 59.9 Å². The van der Waals surface area contributed by atoms with Crippen LogP contribution in [0.25, 0.3) is 22.2 Å². The van der Waals surface area contributed by atoms with Crippen molar-refractivity contribution in [1.29, 1.82) is 0 Å². The normalized spacial score (nSPS) is 17.9. The number of benzene rings is 3. The van der Waals surface area contributed by atoms with Crippen molar-refractivity contribution in [2.24, 2.45) is 0 Å². The average Bonchev–Trinajstić information content (AvgIpc) is 3.79. The number of fused-ring (bicyclic) bond motifs is 2. The summed E-state index contributed by atoms with van der Waals surface area (Å²) in [5, 5.41) is 23.3. The van der Waals surface area contributed by atoms with Gasteiger partial charge in [-0.05, 0) is 56.5 Å². The van der Waals surface area contributed by atoms with E-state index in [0.717, 1.165) is 24.3 Å².